The molecule has 0 radical (unpaired) electrons. The van der Waals surface area contributed by atoms with Crippen molar-refractivity contribution in [1.82, 2.24) is 4.90 Å². The second-order valence-electron chi connectivity index (χ2n) is 6.53. The zero-order valence-corrected chi connectivity index (χ0v) is 17.5. The average Bonchev–Trinajstić information content (AvgIpc) is 2.68. The van der Waals surface area contributed by atoms with E-state index in [0.29, 0.717) is 15.9 Å². The van der Waals surface area contributed by atoms with E-state index in [1.165, 1.54) is 24.1 Å². The van der Waals surface area contributed by atoms with Crippen molar-refractivity contribution in [2.24, 2.45) is 0 Å². The van der Waals surface area contributed by atoms with Crippen molar-refractivity contribution in [3.63, 3.8) is 0 Å². The van der Waals surface area contributed by atoms with E-state index in [2.05, 4.69) is 21.2 Å². The summed E-state index contributed by atoms with van der Waals surface area (Å²) < 4.78 is 19.7. The Bertz CT molecular complexity index is 982. The number of benzene rings is 2. The number of carbonyl (C=O) groups excluding carboxylic acids is 3. The summed E-state index contributed by atoms with van der Waals surface area (Å²) in [4.78, 5) is 39.9. The van der Waals surface area contributed by atoms with Crippen LogP contribution < -0.4 is 15.0 Å². The van der Waals surface area contributed by atoms with E-state index in [9.17, 15) is 18.8 Å². The summed E-state index contributed by atoms with van der Waals surface area (Å²) in [6.07, 6.45) is 0. The SMILES string of the molecule is COc1ccc(C)cc1N1CCN(CC(=O)Nc2ccc(Br)cc2F)C(=O)C1=O. The van der Waals surface area contributed by atoms with Gasteiger partial charge in [0.05, 0.1) is 18.5 Å². The van der Waals surface area contributed by atoms with Crippen LogP contribution in [0, 0.1) is 12.7 Å². The summed E-state index contributed by atoms with van der Waals surface area (Å²) >= 11 is 3.14. The van der Waals surface area contributed by atoms with E-state index < -0.39 is 23.5 Å². The van der Waals surface area contributed by atoms with Gasteiger partial charge in [-0.1, -0.05) is 22.0 Å². The largest absolute Gasteiger partial charge is 0.495 e. The van der Waals surface area contributed by atoms with Gasteiger partial charge in [0.15, 0.2) is 0 Å². The first-order valence-electron chi connectivity index (χ1n) is 8.80. The van der Waals surface area contributed by atoms with Gasteiger partial charge in [-0.15, -0.1) is 0 Å². The van der Waals surface area contributed by atoms with E-state index in [-0.39, 0.29) is 25.3 Å². The quantitative estimate of drug-likeness (QED) is 0.691. The lowest BCUT2D eigenvalue weighted by Crippen LogP contribution is -2.56. The number of rotatable bonds is 5. The number of methoxy groups -OCH3 is 1. The molecule has 9 heteroatoms. The van der Waals surface area contributed by atoms with Crippen molar-refractivity contribution in [1.29, 1.82) is 0 Å². The molecule has 1 saturated heterocycles. The molecule has 0 saturated carbocycles. The molecular formula is C20H19BrFN3O4. The van der Waals surface area contributed by atoms with Crippen LogP contribution in [0.25, 0.3) is 0 Å². The second kappa shape index (κ2) is 8.60. The fourth-order valence-electron chi connectivity index (χ4n) is 3.02. The monoisotopic (exact) mass is 463 g/mol. The van der Waals surface area contributed by atoms with Gasteiger partial charge in [-0.2, -0.15) is 0 Å². The van der Waals surface area contributed by atoms with Crippen molar-refractivity contribution < 1.29 is 23.5 Å². The highest BCUT2D eigenvalue weighted by atomic mass is 79.9. The lowest BCUT2D eigenvalue weighted by molar-refractivity contribution is -0.147. The Kier molecular flexibility index (Phi) is 6.17. The smallest absolute Gasteiger partial charge is 0.316 e. The Balaban J connectivity index is 1.69. The van der Waals surface area contributed by atoms with E-state index >= 15 is 0 Å². The topological polar surface area (TPSA) is 79.0 Å². The van der Waals surface area contributed by atoms with E-state index in [1.54, 1.807) is 18.2 Å². The number of halogens is 2. The molecule has 1 aliphatic rings. The van der Waals surface area contributed by atoms with Crippen molar-refractivity contribution in [2.45, 2.75) is 6.92 Å². The van der Waals surface area contributed by atoms with Crippen LogP contribution in [-0.2, 0) is 14.4 Å². The molecule has 0 atom stereocenters. The van der Waals surface area contributed by atoms with Gasteiger partial charge in [0, 0.05) is 17.6 Å². The molecule has 1 fully saturated rings. The maximum Gasteiger partial charge on any atom is 0.316 e. The maximum absolute atomic E-state index is 13.9. The molecule has 152 valence electrons. The fraction of sp³-hybridized carbons (Fsp3) is 0.250. The molecule has 3 rings (SSSR count). The molecule has 1 N–H and O–H groups in total. The molecule has 2 aromatic carbocycles. The number of carbonyl (C=O) groups is 3. The highest BCUT2D eigenvalue weighted by Crippen LogP contribution is 2.30. The van der Waals surface area contributed by atoms with Crippen LogP contribution in [0.1, 0.15) is 5.56 Å². The van der Waals surface area contributed by atoms with Crippen LogP contribution in [0.2, 0.25) is 0 Å². The molecular weight excluding hydrogens is 445 g/mol. The normalized spacial score (nSPS) is 14.2. The maximum atomic E-state index is 13.9. The summed E-state index contributed by atoms with van der Waals surface area (Å²) in [5.74, 6) is -2.26. The van der Waals surface area contributed by atoms with Crippen molar-refractivity contribution >= 4 is 45.0 Å². The van der Waals surface area contributed by atoms with Gasteiger partial charge in [-0.25, -0.2) is 4.39 Å². The molecule has 2 aromatic rings. The minimum absolute atomic E-state index is 0.000101. The summed E-state index contributed by atoms with van der Waals surface area (Å²) in [5, 5.41) is 2.42. The van der Waals surface area contributed by atoms with E-state index in [0.717, 1.165) is 10.5 Å². The van der Waals surface area contributed by atoms with Crippen LogP contribution in [0.4, 0.5) is 15.8 Å². The molecule has 1 aliphatic heterocycles. The first kappa shape index (κ1) is 20.8. The first-order valence-corrected chi connectivity index (χ1v) is 9.59. The Morgan fingerprint density at radius 2 is 1.93 bits per heavy atom. The summed E-state index contributed by atoms with van der Waals surface area (Å²) in [6, 6.07) is 9.56. The number of anilines is 2. The number of nitrogens with zero attached hydrogens (tertiary/aromatic N) is 2. The highest BCUT2D eigenvalue weighted by Gasteiger charge is 2.35. The summed E-state index contributed by atoms with van der Waals surface area (Å²) in [7, 11) is 1.49. The zero-order chi connectivity index (χ0) is 21.1. The number of amides is 3. The molecule has 29 heavy (non-hydrogen) atoms. The molecule has 0 aromatic heterocycles. The molecule has 0 bridgehead atoms. The van der Waals surface area contributed by atoms with Crippen LogP contribution in [0.15, 0.2) is 40.9 Å². The Morgan fingerprint density at radius 1 is 1.17 bits per heavy atom. The average molecular weight is 464 g/mol. The van der Waals surface area contributed by atoms with E-state index in [4.69, 9.17) is 4.74 Å². The first-order chi connectivity index (χ1) is 13.8. The van der Waals surface area contributed by atoms with Gasteiger partial charge in [0.1, 0.15) is 18.1 Å². The number of ether oxygens (including phenoxy) is 1. The fourth-order valence-corrected chi connectivity index (χ4v) is 3.35. The standard InChI is InChI=1S/C20H19BrFN3O4/c1-12-3-6-17(29-2)16(9-12)25-8-7-24(19(27)20(25)28)11-18(26)23-15-5-4-13(21)10-14(15)22/h3-6,9-10H,7-8,11H2,1-2H3,(H,23,26). The molecule has 3 amide bonds. The number of piperazine rings is 1. The molecule has 0 aliphatic carbocycles. The number of hydrogen-bond donors (Lipinski definition) is 1. The van der Waals surface area contributed by atoms with E-state index in [1.807, 2.05) is 13.0 Å². The Labute approximate surface area is 175 Å². The van der Waals surface area contributed by atoms with Crippen molar-refractivity contribution in [2.75, 3.05) is 37.0 Å². The van der Waals surface area contributed by atoms with Crippen LogP contribution in [0.3, 0.4) is 0 Å². The van der Waals surface area contributed by atoms with Crippen molar-refractivity contribution in [3.8, 4) is 5.75 Å². The van der Waals surface area contributed by atoms with Crippen LogP contribution >= 0.6 is 15.9 Å². The zero-order valence-electron chi connectivity index (χ0n) is 15.9. The van der Waals surface area contributed by atoms with Crippen molar-refractivity contribution in [3.05, 3.63) is 52.3 Å². The lowest BCUT2D eigenvalue weighted by Gasteiger charge is -2.34. The minimum atomic E-state index is -0.800. The molecule has 1 heterocycles. The predicted molar refractivity (Wildman–Crippen MR) is 109 cm³/mol. The van der Waals surface area contributed by atoms with Crippen LogP contribution in [0.5, 0.6) is 5.75 Å². The van der Waals surface area contributed by atoms with Gasteiger partial charge < -0.3 is 15.0 Å². The summed E-state index contributed by atoms with van der Waals surface area (Å²) in [5.41, 5.74) is 1.42. The number of nitrogens with one attached hydrogen (secondary N) is 1. The Hall–Kier alpha value is -2.94. The highest BCUT2D eigenvalue weighted by molar-refractivity contribution is 9.10. The number of aryl methyl sites for hydroxylation is 1. The van der Waals surface area contributed by atoms with Gasteiger partial charge in [-0.05, 0) is 42.8 Å². The number of hydrogen-bond acceptors (Lipinski definition) is 4. The molecule has 0 unspecified atom stereocenters. The lowest BCUT2D eigenvalue weighted by atomic mass is 10.1. The third kappa shape index (κ3) is 4.56. The van der Waals surface area contributed by atoms with Gasteiger partial charge >= 0.3 is 11.8 Å². The van der Waals surface area contributed by atoms with Gasteiger partial charge in [-0.3, -0.25) is 19.3 Å². The molecule has 7 nitrogen and oxygen atoms in total. The van der Waals surface area contributed by atoms with Crippen LogP contribution in [-0.4, -0.2) is 49.4 Å². The second-order valence-corrected chi connectivity index (χ2v) is 7.45. The third-order valence-corrected chi connectivity index (χ3v) is 4.97. The third-order valence-electron chi connectivity index (χ3n) is 4.47. The molecule has 0 spiro atoms. The van der Waals surface area contributed by atoms with Gasteiger partial charge in [0.25, 0.3) is 0 Å². The minimum Gasteiger partial charge on any atom is -0.495 e. The summed E-state index contributed by atoms with van der Waals surface area (Å²) in [6.45, 7) is 1.90. The Morgan fingerprint density at radius 3 is 2.62 bits per heavy atom. The van der Waals surface area contributed by atoms with Gasteiger partial charge in [0.2, 0.25) is 5.91 Å². The predicted octanol–water partition coefficient (Wildman–Crippen LogP) is 2.72.